The first-order chi connectivity index (χ1) is 13.5. The van der Waals surface area contributed by atoms with Gasteiger partial charge in [-0.05, 0) is 43.2 Å². The van der Waals surface area contributed by atoms with Crippen molar-refractivity contribution in [2.24, 2.45) is 0 Å². The molecule has 0 saturated heterocycles. The molecule has 0 aliphatic heterocycles. The van der Waals surface area contributed by atoms with Crippen molar-refractivity contribution >= 4 is 26.8 Å². The van der Waals surface area contributed by atoms with Gasteiger partial charge in [-0.15, -0.1) is 0 Å². The van der Waals surface area contributed by atoms with Crippen molar-refractivity contribution in [1.29, 1.82) is 0 Å². The van der Waals surface area contributed by atoms with Crippen LogP contribution in [0.3, 0.4) is 0 Å². The van der Waals surface area contributed by atoms with Crippen LogP contribution in [0.25, 0.3) is 11.1 Å². The SMILES string of the molecule is COc1ccc(S(=O)(=O)NC2CC2)cc1NCCn1c(=O)oc2ccccc21. The molecular formula is C19H21N3O5S. The Kier molecular flexibility index (Phi) is 4.86. The van der Waals surface area contributed by atoms with Gasteiger partial charge in [0.2, 0.25) is 10.0 Å². The molecule has 1 aromatic heterocycles. The van der Waals surface area contributed by atoms with E-state index in [1.54, 1.807) is 24.3 Å². The fraction of sp³-hybridized carbons (Fsp3) is 0.316. The van der Waals surface area contributed by atoms with Crippen LogP contribution in [-0.4, -0.2) is 32.7 Å². The van der Waals surface area contributed by atoms with Gasteiger partial charge in [0.25, 0.3) is 0 Å². The van der Waals surface area contributed by atoms with Gasteiger partial charge >= 0.3 is 5.76 Å². The lowest BCUT2D eigenvalue weighted by Gasteiger charge is -2.14. The number of oxazole rings is 1. The lowest BCUT2D eigenvalue weighted by atomic mass is 10.3. The van der Waals surface area contributed by atoms with E-state index in [4.69, 9.17) is 9.15 Å². The maximum Gasteiger partial charge on any atom is 0.420 e. The Balaban J connectivity index is 1.52. The second kappa shape index (κ2) is 7.33. The molecule has 148 valence electrons. The van der Waals surface area contributed by atoms with E-state index in [1.165, 1.54) is 17.7 Å². The number of ether oxygens (including phenoxy) is 1. The first-order valence-electron chi connectivity index (χ1n) is 9.00. The van der Waals surface area contributed by atoms with Gasteiger partial charge in [-0.25, -0.2) is 17.9 Å². The molecule has 4 rings (SSSR count). The van der Waals surface area contributed by atoms with Crippen molar-refractivity contribution in [1.82, 2.24) is 9.29 Å². The van der Waals surface area contributed by atoms with E-state index >= 15 is 0 Å². The Labute approximate surface area is 162 Å². The van der Waals surface area contributed by atoms with Gasteiger partial charge < -0.3 is 14.5 Å². The van der Waals surface area contributed by atoms with Crippen LogP contribution < -0.4 is 20.5 Å². The average molecular weight is 403 g/mol. The Morgan fingerprint density at radius 3 is 2.75 bits per heavy atom. The zero-order valence-electron chi connectivity index (χ0n) is 15.3. The molecule has 1 aliphatic rings. The van der Waals surface area contributed by atoms with Crippen molar-refractivity contribution in [3.63, 3.8) is 0 Å². The van der Waals surface area contributed by atoms with Crippen LogP contribution in [0.5, 0.6) is 5.75 Å². The maximum absolute atomic E-state index is 12.4. The van der Waals surface area contributed by atoms with E-state index in [9.17, 15) is 13.2 Å². The van der Waals surface area contributed by atoms with Crippen molar-refractivity contribution < 1.29 is 17.6 Å². The number of nitrogens with zero attached hydrogens (tertiary/aromatic N) is 1. The fourth-order valence-electron chi connectivity index (χ4n) is 3.01. The van der Waals surface area contributed by atoms with Gasteiger partial charge in [-0.3, -0.25) is 4.57 Å². The number of sulfonamides is 1. The third-order valence-electron chi connectivity index (χ3n) is 4.60. The molecule has 28 heavy (non-hydrogen) atoms. The molecule has 1 fully saturated rings. The van der Waals surface area contributed by atoms with Gasteiger partial charge in [-0.1, -0.05) is 12.1 Å². The summed E-state index contributed by atoms with van der Waals surface area (Å²) < 4.78 is 39.6. The molecule has 2 aromatic carbocycles. The summed E-state index contributed by atoms with van der Waals surface area (Å²) in [5.74, 6) is 0.0923. The number of methoxy groups -OCH3 is 1. The molecule has 0 bridgehead atoms. The van der Waals surface area contributed by atoms with Crippen molar-refractivity contribution in [3.05, 3.63) is 53.0 Å². The molecule has 9 heteroatoms. The van der Waals surface area contributed by atoms with Crippen LogP contribution in [0.1, 0.15) is 12.8 Å². The van der Waals surface area contributed by atoms with Gasteiger partial charge in [-0.2, -0.15) is 0 Å². The first kappa shape index (κ1) is 18.6. The summed E-state index contributed by atoms with van der Waals surface area (Å²) in [6.07, 6.45) is 1.74. The van der Waals surface area contributed by atoms with E-state index in [1.807, 2.05) is 12.1 Å². The number of aromatic nitrogens is 1. The molecule has 1 aliphatic carbocycles. The molecule has 2 N–H and O–H groups in total. The maximum atomic E-state index is 12.4. The highest BCUT2D eigenvalue weighted by Gasteiger charge is 2.28. The predicted molar refractivity (Wildman–Crippen MR) is 105 cm³/mol. The predicted octanol–water partition coefficient (Wildman–Crippen LogP) is 2.16. The minimum absolute atomic E-state index is 0.0322. The summed E-state index contributed by atoms with van der Waals surface area (Å²) in [4.78, 5) is 12.2. The van der Waals surface area contributed by atoms with E-state index in [0.29, 0.717) is 35.6 Å². The summed E-state index contributed by atoms with van der Waals surface area (Å²) in [7, 11) is -2.04. The summed E-state index contributed by atoms with van der Waals surface area (Å²) in [6.45, 7) is 0.746. The zero-order chi connectivity index (χ0) is 19.7. The second-order valence-corrected chi connectivity index (χ2v) is 8.39. The normalized spacial score (nSPS) is 14.3. The van der Waals surface area contributed by atoms with Crippen LogP contribution in [0.4, 0.5) is 5.69 Å². The number of fused-ring (bicyclic) bond motifs is 1. The molecule has 0 unspecified atom stereocenters. The van der Waals surface area contributed by atoms with Crippen LogP contribution in [0, 0.1) is 0 Å². The smallest absolute Gasteiger partial charge is 0.420 e. The molecule has 0 radical (unpaired) electrons. The summed E-state index contributed by atoms with van der Waals surface area (Å²) in [6, 6.07) is 11.9. The highest BCUT2D eigenvalue weighted by Crippen LogP contribution is 2.29. The van der Waals surface area contributed by atoms with Crippen LogP contribution in [-0.2, 0) is 16.6 Å². The van der Waals surface area contributed by atoms with E-state index in [2.05, 4.69) is 10.0 Å². The quantitative estimate of drug-likeness (QED) is 0.598. The standard InChI is InChI=1S/C19H21N3O5S/c1-26-17-9-8-14(28(24,25)21-13-6-7-13)12-15(17)20-10-11-22-16-4-2-3-5-18(16)27-19(22)23/h2-5,8-9,12-13,20-21H,6-7,10-11H2,1H3. The average Bonchev–Trinajstić information content (AvgIpc) is 3.43. The molecule has 0 spiro atoms. The Hall–Kier alpha value is -2.78. The van der Waals surface area contributed by atoms with Crippen molar-refractivity contribution in [2.45, 2.75) is 30.3 Å². The zero-order valence-corrected chi connectivity index (χ0v) is 16.2. The van der Waals surface area contributed by atoms with Crippen molar-refractivity contribution in [3.8, 4) is 5.75 Å². The Morgan fingerprint density at radius 1 is 1.21 bits per heavy atom. The number of rotatable bonds is 8. The number of para-hydroxylation sites is 2. The van der Waals surface area contributed by atoms with Crippen LogP contribution in [0.15, 0.2) is 56.6 Å². The number of hydrogen-bond donors (Lipinski definition) is 2. The lowest BCUT2D eigenvalue weighted by Crippen LogP contribution is -2.26. The van der Waals surface area contributed by atoms with Gasteiger partial charge in [0.1, 0.15) is 5.75 Å². The molecular weight excluding hydrogens is 382 g/mol. The van der Waals surface area contributed by atoms with Crippen molar-refractivity contribution in [2.75, 3.05) is 19.0 Å². The molecule has 3 aromatic rings. The lowest BCUT2D eigenvalue weighted by molar-refractivity contribution is 0.416. The number of benzene rings is 2. The monoisotopic (exact) mass is 403 g/mol. The molecule has 8 nitrogen and oxygen atoms in total. The first-order valence-corrected chi connectivity index (χ1v) is 10.5. The number of anilines is 1. The minimum atomic E-state index is -3.56. The molecule has 0 atom stereocenters. The summed E-state index contributed by atoms with van der Waals surface area (Å²) in [5, 5.41) is 3.16. The van der Waals surface area contributed by atoms with E-state index < -0.39 is 15.8 Å². The Morgan fingerprint density at radius 2 is 2.00 bits per heavy atom. The number of hydrogen-bond acceptors (Lipinski definition) is 6. The highest BCUT2D eigenvalue weighted by molar-refractivity contribution is 7.89. The third-order valence-corrected chi connectivity index (χ3v) is 6.12. The summed E-state index contributed by atoms with van der Waals surface area (Å²) in [5.41, 5.74) is 1.79. The van der Waals surface area contributed by atoms with E-state index in [0.717, 1.165) is 12.8 Å². The van der Waals surface area contributed by atoms with Gasteiger partial charge in [0, 0.05) is 19.1 Å². The third kappa shape index (κ3) is 3.76. The largest absolute Gasteiger partial charge is 0.495 e. The summed E-state index contributed by atoms with van der Waals surface area (Å²) >= 11 is 0. The van der Waals surface area contributed by atoms with Gasteiger partial charge in [0.05, 0.1) is 23.2 Å². The number of nitrogens with one attached hydrogen (secondary N) is 2. The second-order valence-electron chi connectivity index (χ2n) is 6.67. The van der Waals surface area contributed by atoms with Gasteiger partial charge in [0.15, 0.2) is 5.58 Å². The van der Waals surface area contributed by atoms with Crippen LogP contribution >= 0.6 is 0 Å². The molecule has 1 heterocycles. The Bertz CT molecular complexity index is 1160. The van der Waals surface area contributed by atoms with Crippen LogP contribution in [0.2, 0.25) is 0 Å². The molecule has 1 saturated carbocycles. The fourth-order valence-corrected chi connectivity index (χ4v) is 4.34. The minimum Gasteiger partial charge on any atom is -0.495 e. The van der Waals surface area contributed by atoms with E-state index in [-0.39, 0.29) is 10.9 Å². The highest BCUT2D eigenvalue weighted by atomic mass is 32.2. The molecule has 0 amide bonds. The topological polar surface area (TPSA) is 103 Å².